The number of methoxy groups -OCH3 is 1. The predicted molar refractivity (Wildman–Crippen MR) is 185 cm³/mol. The zero-order valence-corrected chi connectivity index (χ0v) is 27.3. The van der Waals surface area contributed by atoms with Crippen LogP contribution in [0.4, 0.5) is 5.69 Å². The number of rotatable bonds is 5. The van der Waals surface area contributed by atoms with Crippen LogP contribution in [-0.2, 0) is 24.6 Å². The summed E-state index contributed by atoms with van der Waals surface area (Å²) < 4.78 is 5.60. The van der Waals surface area contributed by atoms with Gasteiger partial charge in [-0.1, -0.05) is 83.9 Å². The second-order valence-electron chi connectivity index (χ2n) is 13.2. The largest absolute Gasteiger partial charge is 0.508 e. The summed E-state index contributed by atoms with van der Waals surface area (Å²) in [5.41, 5.74) is 1.77. The third kappa shape index (κ3) is 4.56. The van der Waals surface area contributed by atoms with Crippen LogP contribution in [0.3, 0.4) is 0 Å². The molecule has 2 amide bonds. The van der Waals surface area contributed by atoms with Gasteiger partial charge in [0.15, 0.2) is 11.6 Å². The molecule has 8 heteroatoms. The Morgan fingerprint density at radius 1 is 0.837 bits per heavy atom. The molecular weight excluding hydrogens is 638 g/mol. The van der Waals surface area contributed by atoms with E-state index in [-0.39, 0.29) is 42.0 Å². The van der Waals surface area contributed by atoms with Gasteiger partial charge in [-0.15, -0.1) is 0 Å². The number of benzene rings is 4. The lowest BCUT2D eigenvalue weighted by atomic mass is 9.44. The Morgan fingerprint density at radius 3 is 2.22 bits per heavy atom. The highest BCUT2D eigenvalue weighted by atomic mass is 35.5. The molecule has 49 heavy (non-hydrogen) atoms. The zero-order chi connectivity index (χ0) is 34.0. The molecule has 1 aliphatic heterocycles. The van der Waals surface area contributed by atoms with Gasteiger partial charge in [-0.3, -0.25) is 24.1 Å². The van der Waals surface area contributed by atoms with E-state index in [1.54, 1.807) is 36.4 Å². The van der Waals surface area contributed by atoms with Gasteiger partial charge < -0.3 is 9.84 Å². The highest BCUT2D eigenvalue weighted by Gasteiger charge is 2.66. The van der Waals surface area contributed by atoms with Crippen LogP contribution in [0.25, 0.3) is 5.57 Å². The van der Waals surface area contributed by atoms with Crippen molar-refractivity contribution in [3.8, 4) is 11.5 Å². The summed E-state index contributed by atoms with van der Waals surface area (Å²) >= 11 is 6.13. The quantitative estimate of drug-likeness (QED) is 0.180. The van der Waals surface area contributed by atoms with Gasteiger partial charge >= 0.3 is 0 Å². The van der Waals surface area contributed by atoms with Gasteiger partial charge in [-0.05, 0) is 78.4 Å². The summed E-state index contributed by atoms with van der Waals surface area (Å²) in [5, 5.41) is 12.1. The smallest absolute Gasteiger partial charge is 0.238 e. The van der Waals surface area contributed by atoms with Crippen molar-refractivity contribution in [1.82, 2.24) is 0 Å². The molecule has 8 rings (SSSR count). The number of amides is 2. The molecule has 4 aromatic rings. The number of phenols is 1. The Hall–Kier alpha value is -5.27. The van der Waals surface area contributed by atoms with E-state index in [0.717, 1.165) is 5.57 Å². The molecule has 1 N–H and O–H groups in total. The maximum atomic E-state index is 15.1. The van der Waals surface area contributed by atoms with E-state index in [1.165, 1.54) is 24.2 Å². The number of aromatic hydroxyl groups is 1. The Labute approximate surface area is 288 Å². The first-order chi connectivity index (χ1) is 23.7. The van der Waals surface area contributed by atoms with Crippen LogP contribution in [0, 0.1) is 23.7 Å². The molecule has 0 spiro atoms. The lowest BCUT2D eigenvalue weighted by Gasteiger charge is -2.55. The molecule has 0 aromatic heterocycles. The summed E-state index contributed by atoms with van der Waals surface area (Å²) in [5.74, 6) is -4.41. The maximum absolute atomic E-state index is 15.1. The number of Topliss-reactive ketones (excluding diaryl/α,β-unsaturated/α-hetero) is 1. The number of hydrogen-bond donors (Lipinski definition) is 1. The molecule has 7 nitrogen and oxygen atoms in total. The summed E-state index contributed by atoms with van der Waals surface area (Å²) in [7, 11) is 1.53. The number of anilines is 1. The van der Waals surface area contributed by atoms with E-state index in [4.69, 9.17) is 16.3 Å². The lowest BCUT2D eigenvalue weighted by Crippen LogP contribution is -2.58. The molecule has 1 saturated heterocycles. The third-order valence-corrected chi connectivity index (χ3v) is 11.3. The van der Waals surface area contributed by atoms with Gasteiger partial charge in [-0.25, -0.2) is 0 Å². The maximum Gasteiger partial charge on any atom is 0.238 e. The van der Waals surface area contributed by atoms with Crippen LogP contribution < -0.4 is 9.64 Å². The summed E-state index contributed by atoms with van der Waals surface area (Å²) in [4.78, 5) is 59.8. The Kier molecular flexibility index (Phi) is 7.41. The Bertz CT molecular complexity index is 2090. The van der Waals surface area contributed by atoms with Crippen molar-refractivity contribution in [2.24, 2.45) is 23.7 Å². The molecular formula is C41H32ClNO6. The van der Waals surface area contributed by atoms with Gasteiger partial charge in [0.2, 0.25) is 11.8 Å². The first kappa shape index (κ1) is 31.0. The minimum Gasteiger partial charge on any atom is -0.508 e. The summed E-state index contributed by atoms with van der Waals surface area (Å²) in [6.07, 6.45) is 3.88. The van der Waals surface area contributed by atoms with E-state index in [1.807, 2.05) is 66.7 Å². The van der Waals surface area contributed by atoms with Crippen LogP contribution in [0.2, 0.25) is 5.02 Å². The Balaban J connectivity index is 1.37. The minimum atomic E-state index is -1.45. The molecule has 3 aliphatic carbocycles. The van der Waals surface area contributed by atoms with Crippen molar-refractivity contribution in [3.63, 3.8) is 0 Å². The van der Waals surface area contributed by atoms with E-state index in [0.29, 0.717) is 38.7 Å². The first-order valence-electron chi connectivity index (χ1n) is 16.4. The zero-order valence-electron chi connectivity index (χ0n) is 26.6. The molecule has 0 bridgehead atoms. The number of ketones is 2. The predicted octanol–water partition coefficient (Wildman–Crippen LogP) is 7.08. The third-order valence-electron chi connectivity index (χ3n) is 11.0. The molecule has 0 unspecified atom stereocenters. The van der Waals surface area contributed by atoms with Crippen LogP contribution >= 0.6 is 11.6 Å². The lowest BCUT2D eigenvalue weighted by molar-refractivity contribution is -0.135. The number of carbonyl (C=O) groups is 4. The fraction of sp³-hybridized carbons (Fsp3) is 0.220. The van der Waals surface area contributed by atoms with Gasteiger partial charge in [0, 0.05) is 28.0 Å². The number of imide groups is 1. The van der Waals surface area contributed by atoms with Gasteiger partial charge in [-0.2, -0.15) is 0 Å². The van der Waals surface area contributed by atoms with Crippen LogP contribution in [0.5, 0.6) is 11.5 Å². The van der Waals surface area contributed by atoms with Crippen molar-refractivity contribution in [3.05, 3.63) is 143 Å². The molecule has 2 fully saturated rings. The Morgan fingerprint density at radius 2 is 1.53 bits per heavy atom. The highest BCUT2D eigenvalue weighted by molar-refractivity contribution is 6.32. The van der Waals surface area contributed by atoms with E-state index in [2.05, 4.69) is 0 Å². The number of allylic oxidation sites excluding steroid dienone is 4. The highest BCUT2D eigenvalue weighted by Crippen LogP contribution is 2.64. The fourth-order valence-electron chi connectivity index (χ4n) is 8.95. The average Bonchev–Trinajstić information content (AvgIpc) is 3.39. The topological polar surface area (TPSA) is 101 Å². The molecule has 6 atom stereocenters. The van der Waals surface area contributed by atoms with Crippen LogP contribution in [-0.4, -0.2) is 35.6 Å². The van der Waals surface area contributed by atoms with Crippen LogP contribution in [0.1, 0.15) is 35.4 Å². The number of carbonyl (C=O) groups excluding carboxylic acids is 4. The number of halogens is 1. The van der Waals surface area contributed by atoms with Crippen molar-refractivity contribution in [1.29, 1.82) is 0 Å². The monoisotopic (exact) mass is 669 g/mol. The summed E-state index contributed by atoms with van der Waals surface area (Å²) in [6, 6.07) is 29.9. The van der Waals surface area contributed by atoms with Crippen molar-refractivity contribution in [2.45, 2.75) is 24.2 Å². The minimum absolute atomic E-state index is 0.0572. The van der Waals surface area contributed by atoms with E-state index in [9.17, 15) is 19.5 Å². The molecule has 244 valence electrons. The average molecular weight is 670 g/mol. The molecule has 1 heterocycles. The number of phenolic OH excluding ortho intramolecular Hbond substituents is 1. The van der Waals surface area contributed by atoms with Crippen LogP contribution in [0.15, 0.2) is 121 Å². The number of ether oxygens (including phenoxy) is 1. The summed E-state index contributed by atoms with van der Waals surface area (Å²) in [6.45, 7) is 0. The normalized spacial score (nSPS) is 27.6. The van der Waals surface area contributed by atoms with Crippen molar-refractivity contribution in [2.75, 3.05) is 12.0 Å². The van der Waals surface area contributed by atoms with Gasteiger partial charge in [0.05, 0.1) is 30.0 Å². The van der Waals surface area contributed by atoms with E-state index < -0.39 is 35.0 Å². The SMILES string of the molecule is COc1ccc(O)c([C@H]2C3=CC[C@@H]4C(=O)N(c5ccc(Cl)cc5)C(=O)[C@@H]4[C@@H]3C[C@H]3C(=O)C(c4ccccc4)=CC(=O)[C@@]23c2ccccc2)c1. The number of nitrogens with zero attached hydrogens (tertiary/aromatic N) is 1. The molecule has 1 saturated carbocycles. The second-order valence-corrected chi connectivity index (χ2v) is 13.6. The first-order valence-corrected chi connectivity index (χ1v) is 16.7. The van der Waals surface area contributed by atoms with Crippen molar-refractivity contribution < 1.29 is 29.0 Å². The van der Waals surface area contributed by atoms with Gasteiger partial charge in [0.1, 0.15) is 11.5 Å². The fourth-order valence-corrected chi connectivity index (χ4v) is 9.08. The van der Waals surface area contributed by atoms with Gasteiger partial charge in [0.25, 0.3) is 0 Å². The molecule has 4 aliphatic rings. The molecule has 4 aromatic carbocycles. The van der Waals surface area contributed by atoms with Crippen molar-refractivity contribution >= 4 is 46.2 Å². The number of hydrogen-bond acceptors (Lipinski definition) is 6. The second kappa shape index (κ2) is 11.7. The standard InChI is InChI=1S/C41H32ClNO6/c1-49-27-16-19-34(44)32(20-27)37-28-17-18-29-36(40(48)43(39(29)47)26-14-12-25(42)13-15-26)31(28)21-33-38(46)30(23-8-4-2-5-9-23)22-35(45)41(33,37)24-10-6-3-7-11-24/h2-17,19-20,22,29,31,33,36-37,44H,18,21H2,1H3/t29-,31+,33-,36-,37+,41-/m0/s1. The van der Waals surface area contributed by atoms with E-state index >= 15 is 4.79 Å². The number of fused-ring (bicyclic) bond motifs is 4. The molecule has 0 radical (unpaired) electrons.